The quantitative estimate of drug-likeness (QED) is 0.721. The Morgan fingerprint density at radius 1 is 0.800 bits per heavy atom. The zero-order valence-electron chi connectivity index (χ0n) is 17.1. The molecule has 2 aliphatic heterocycles. The Kier molecular flexibility index (Phi) is 6.59. The molecule has 0 aromatic carbocycles. The summed E-state index contributed by atoms with van der Waals surface area (Å²) in [6.07, 6.45) is -2.84. The summed E-state index contributed by atoms with van der Waals surface area (Å²) >= 11 is 0. The largest absolute Gasteiger partial charge is 0.414 e. The van der Waals surface area contributed by atoms with E-state index in [1.54, 1.807) is 0 Å². The zero-order valence-corrected chi connectivity index (χ0v) is 19.1. The van der Waals surface area contributed by atoms with Gasteiger partial charge in [0.2, 0.25) is 0 Å². The maximum absolute atomic E-state index is 10.7. The zero-order chi connectivity index (χ0) is 19.2. The number of rotatable bonds is 5. The first-order valence-corrected chi connectivity index (χ1v) is 13.4. The highest BCUT2D eigenvalue weighted by Crippen LogP contribution is 2.49. The van der Waals surface area contributed by atoms with Crippen LogP contribution in [0.15, 0.2) is 0 Å². The Bertz CT molecular complexity index is 440. The van der Waals surface area contributed by atoms with E-state index in [-0.39, 0.29) is 22.2 Å². The molecule has 0 unspecified atom stereocenters. The molecule has 2 saturated heterocycles. The number of ether oxygens (including phenoxy) is 2. The van der Waals surface area contributed by atoms with Gasteiger partial charge in [0.15, 0.2) is 12.6 Å². The average Bonchev–Trinajstić information content (AvgIpc) is 2.70. The van der Waals surface area contributed by atoms with Gasteiger partial charge in [-0.1, -0.05) is 55.4 Å². The van der Waals surface area contributed by atoms with Crippen LogP contribution in [0, 0.1) is 0 Å². The minimum Gasteiger partial charge on any atom is -0.414 e. The molecule has 2 rings (SSSR count). The molecule has 4 atom stereocenters. The first kappa shape index (κ1) is 21.5. The normalized spacial score (nSPS) is 34.8. The van der Waals surface area contributed by atoms with Crippen LogP contribution in [0.4, 0.5) is 0 Å². The third-order valence-corrected chi connectivity index (χ3v) is 15.8. The summed E-state index contributed by atoms with van der Waals surface area (Å²) in [5.74, 6) is 0. The van der Waals surface area contributed by atoms with Crippen molar-refractivity contribution >= 4 is 17.1 Å². The van der Waals surface area contributed by atoms with E-state index in [0.717, 1.165) is 0 Å². The van der Waals surface area contributed by atoms with Crippen molar-refractivity contribution in [1.29, 1.82) is 0 Å². The van der Waals surface area contributed by atoms with Crippen molar-refractivity contribution in [1.82, 2.24) is 0 Å². The van der Waals surface area contributed by atoms with Gasteiger partial charge in [0.25, 0.3) is 0 Å². The second kappa shape index (κ2) is 7.67. The summed E-state index contributed by atoms with van der Waals surface area (Å²) in [7, 11) is -3.81. The summed E-state index contributed by atoms with van der Waals surface area (Å²) < 4.78 is 31.3. The molecule has 8 heteroatoms. The fourth-order valence-corrected chi connectivity index (χ4v) is 15.2. The molecular weight excluding hydrogens is 356 g/mol. The van der Waals surface area contributed by atoms with Gasteiger partial charge in [0.1, 0.15) is 12.2 Å². The van der Waals surface area contributed by atoms with E-state index in [1.165, 1.54) is 7.11 Å². The molecule has 0 spiro atoms. The smallest absolute Gasteiger partial charge is 0.336 e. The van der Waals surface area contributed by atoms with Gasteiger partial charge in [0, 0.05) is 7.11 Å². The monoisotopic (exact) mass is 392 g/mol. The van der Waals surface area contributed by atoms with Crippen molar-refractivity contribution in [3.8, 4) is 0 Å². The topological polar surface area (TPSA) is 66.4 Å². The van der Waals surface area contributed by atoms with E-state index < -0.39 is 41.9 Å². The van der Waals surface area contributed by atoms with Crippen LogP contribution in [0.25, 0.3) is 0 Å². The molecule has 0 aliphatic carbocycles. The summed E-state index contributed by atoms with van der Waals surface area (Å²) in [5.41, 5.74) is 0.934. The molecule has 25 heavy (non-hydrogen) atoms. The molecule has 2 aliphatic rings. The lowest BCUT2D eigenvalue weighted by molar-refractivity contribution is -0.190. The van der Waals surface area contributed by atoms with Crippen LogP contribution < -0.4 is 0 Å². The van der Waals surface area contributed by atoms with E-state index in [9.17, 15) is 5.11 Å². The number of aliphatic hydroxyl groups is 1. The van der Waals surface area contributed by atoms with Gasteiger partial charge in [-0.25, -0.2) is 0 Å². The molecule has 0 aromatic rings. The maximum Gasteiger partial charge on any atom is 0.336 e. The number of hydrogen-bond acceptors (Lipinski definition) is 6. The van der Waals surface area contributed by atoms with E-state index in [0.29, 0.717) is 0 Å². The fourth-order valence-electron chi connectivity index (χ4n) is 4.06. The molecule has 6 nitrogen and oxygen atoms in total. The third kappa shape index (κ3) is 3.52. The standard InChI is InChI=1S/C17H36O6Si2/c1-10(2)24(11(3)4)21-15-14(18)16(19-9)20-17(15)22-25(23-24,12(5)6)13(7)8/h10-18H,1-9H3/t14-,15-,16-,17+/m0/s1. The number of methoxy groups -OCH3 is 1. The molecular formula is C17H36O6Si2. The van der Waals surface area contributed by atoms with Crippen molar-refractivity contribution < 1.29 is 27.5 Å². The molecule has 148 valence electrons. The van der Waals surface area contributed by atoms with Crippen LogP contribution in [-0.4, -0.2) is 54.1 Å². The first-order chi connectivity index (χ1) is 11.5. The molecule has 2 fully saturated rings. The molecule has 0 aromatic heterocycles. The van der Waals surface area contributed by atoms with Gasteiger partial charge in [-0.2, -0.15) is 0 Å². The Balaban J connectivity index is 2.57. The molecule has 2 heterocycles. The van der Waals surface area contributed by atoms with E-state index in [4.69, 9.17) is 22.4 Å². The second-order valence-electron chi connectivity index (χ2n) is 8.46. The average molecular weight is 393 g/mol. The molecule has 0 amide bonds. The molecule has 0 saturated carbocycles. The summed E-state index contributed by atoms with van der Waals surface area (Å²) in [6, 6.07) is 0. The van der Waals surface area contributed by atoms with Gasteiger partial charge in [-0.15, -0.1) is 0 Å². The van der Waals surface area contributed by atoms with E-state index >= 15 is 0 Å². The molecule has 0 radical (unpaired) electrons. The number of hydrogen-bond donors (Lipinski definition) is 1. The number of aliphatic hydroxyl groups excluding tert-OH is 1. The van der Waals surface area contributed by atoms with Gasteiger partial charge < -0.3 is 27.5 Å². The summed E-state index contributed by atoms with van der Waals surface area (Å²) in [5, 5.41) is 10.7. The SMILES string of the molecule is CO[C@H]1O[C@@H]2O[Si](C(C)C)(C(C)C)O[Si](C(C)C)(C(C)C)O[C@H]2[C@@H]1O. The Morgan fingerprint density at radius 2 is 1.24 bits per heavy atom. The highest BCUT2D eigenvalue weighted by atomic mass is 28.5. The predicted octanol–water partition coefficient (Wildman–Crippen LogP) is 3.63. The van der Waals surface area contributed by atoms with Crippen molar-refractivity contribution in [2.24, 2.45) is 0 Å². The molecule has 0 bridgehead atoms. The lowest BCUT2D eigenvalue weighted by Gasteiger charge is -2.46. The van der Waals surface area contributed by atoms with Crippen molar-refractivity contribution in [2.75, 3.05) is 7.11 Å². The van der Waals surface area contributed by atoms with Gasteiger partial charge in [0.05, 0.1) is 0 Å². The van der Waals surface area contributed by atoms with Crippen LogP contribution >= 0.6 is 0 Å². The van der Waals surface area contributed by atoms with Gasteiger partial charge in [-0.05, 0) is 22.2 Å². The lowest BCUT2D eigenvalue weighted by Crippen LogP contribution is -2.60. The third-order valence-electron chi connectivity index (χ3n) is 5.54. The van der Waals surface area contributed by atoms with Gasteiger partial charge in [-0.3, -0.25) is 0 Å². The van der Waals surface area contributed by atoms with Crippen molar-refractivity contribution in [3.63, 3.8) is 0 Å². The highest BCUT2D eigenvalue weighted by molar-refractivity contribution is 6.84. The van der Waals surface area contributed by atoms with E-state index in [2.05, 4.69) is 55.4 Å². The van der Waals surface area contributed by atoms with Crippen LogP contribution in [0.2, 0.25) is 22.2 Å². The van der Waals surface area contributed by atoms with Gasteiger partial charge >= 0.3 is 17.1 Å². The van der Waals surface area contributed by atoms with E-state index in [1.807, 2.05) is 0 Å². The maximum atomic E-state index is 10.7. The first-order valence-electron chi connectivity index (χ1n) is 9.43. The Labute approximate surface area is 154 Å². The minimum atomic E-state index is -2.68. The predicted molar refractivity (Wildman–Crippen MR) is 101 cm³/mol. The Hall–Kier alpha value is 0.194. The Morgan fingerprint density at radius 3 is 1.64 bits per heavy atom. The highest BCUT2D eigenvalue weighted by Gasteiger charge is 2.64. The van der Waals surface area contributed by atoms with Crippen LogP contribution in [0.1, 0.15) is 55.4 Å². The fraction of sp³-hybridized carbons (Fsp3) is 1.00. The van der Waals surface area contributed by atoms with Crippen LogP contribution in [0.3, 0.4) is 0 Å². The second-order valence-corrected chi connectivity index (χ2v) is 17.3. The van der Waals surface area contributed by atoms with Crippen LogP contribution in [-0.2, 0) is 22.4 Å². The number of fused-ring (bicyclic) bond motifs is 1. The minimum absolute atomic E-state index is 0.230. The van der Waals surface area contributed by atoms with Crippen molar-refractivity contribution in [3.05, 3.63) is 0 Å². The lowest BCUT2D eigenvalue weighted by atomic mass is 10.2. The summed E-state index contributed by atoms with van der Waals surface area (Å²) in [4.78, 5) is 0. The van der Waals surface area contributed by atoms with Crippen LogP contribution in [0.5, 0.6) is 0 Å². The molecule has 1 N–H and O–H groups in total. The van der Waals surface area contributed by atoms with Crippen molar-refractivity contribution in [2.45, 2.75) is 102 Å². The summed E-state index contributed by atoms with van der Waals surface area (Å²) in [6.45, 7) is 17.3.